The third-order valence-electron chi connectivity index (χ3n) is 4.97. The molecule has 0 spiro atoms. The van der Waals surface area contributed by atoms with Crippen molar-refractivity contribution in [3.8, 4) is 17.2 Å². The summed E-state index contributed by atoms with van der Waals surface area (Å²) < 4.78 is 29.9. The van der Waals surface area contributed by atoms with Crippen molar-refractivity contribution >= 4 is 5.82 Å². The first kappa shape index (κ1) is 18.4. The van der Waals surface area contributed by atoms with Crippen LogP contribution >= 0.6 is 0 Å². The highest BCUT2D eigenvalue weighted by atomic mass is 19.1. The second-order valence-electron chi connectivity index (χ2n) is 6.80. The van der Waals surface area contributed by atoms with Gasteiger partial charge in [0.05, 0.1) is 18.4 Å². The van der Waals surface area contributed by atoms with Gasteiger partial charge in [0, 0.05) is 32.7 Å². The van der Waals surface area contributed by atoms with Gasteiger partial charge in [-0.2, -0.15) is 0 Å². The molecule has 0 aliphatic carbocycles. The van der Waals surface area contributed by atoms with Gasteiger partial charge in [0.25, 0.3) is 0 Å². The van der Waals surface area contributed by atoms with Crippen LogP contribution in [0.5, 0.6) is 5.75 Å². The van der Waals surface area contributed by atoms with E-state index >= 15 is 0 Å². The number of ether oxygens (including phenoxy) is 1. The molecular weight excluding hydrogens is 365 g/mol. The summed E-state index contributed by atoms with van der Waals surface area (Å²) in [6, 6.07) is 4.52. The number of aryl methyl sites for hydroxylation is 2. The molecule has 1 aliphatic heterocycles. The molecule has 0 amide bonds. The van der Waals surface area contributed by atoms with Crippen molar-refractivity contribution in [3.63, 3.8) is 0 Å². The predicted octanol–water partition coefficient (Wildman–Crippen LogP) is 2.81. The first-order valence-electron chi connectivity index (χ1n) is 9.12. The normalized spacial score (nSPS) is 15.2. The van der Waals surface area contributed by atoms with Crippen LogP contribution in [0.4, 0.5) is 10.2 Å². The number of benzene rings is 1. The minimum atomic E-state index is -0.390. The van der Waals surface area contributed by atoms with Crippen LogP contribution in [0, 0.1) is 19.7 Å². The zero-order valence-electron chi connectivity index (χ0n) is 16.1. The van der Waals surface area contributed by atoms with Crippen LogP contribution in [0.25, 0.3) is 11.5 Å². The van der Waals surface area contributed by atoms with Gasteiger partial charge in [-0.15, -0.1) is 0 Å². The Kier molecular flexibility index (Phi) is 4.99. The van der Waals surface area contributed by atoms with Crippen molar-refractivity contribution < 1.29 is 18.2 Å². The fourth-order valence-electron chi connectivity index (χ4n) is 3.33. The summed E-state index contributed by atoms with van der Waals surface area (Å²) in [5, 5.41) is 7.81. The van der Waals surface area contributed by atoms with Gasteiger partial charge in [-0.25, -0.2) is 14.0 Å². The van der Waals surface area contributed by atoms with E-state index in [0.717, 1.165) is 43.4 Å². The van der Waals surface area contributed by atoms with Crippen LogP contribution in [0.2, 0.25) is 0 Å². The molecule has 4 rings (SSSR count). The molecule has 0 saturated carbocycles. The van der Waals surface area contributed by atoms with E-state index in [4.69, 9.17) is 13.8 Å². The maximum Gasteiger partial charge on any atom is 0.229 e. The van der Waals surface area contributed by atoms with E-state index < -0.39 is 0 Å². The van der Waals surface area contributed by atoms with Gasteiger partial charge < -0.3 is 14.1 Å². The van der Waals surface area contributed by atoms with Crippen LogP contribution < -0.4 is 9.64 Å². The molecule has 2 aromatic heterocycles. The lowest BCUT2D eigenvalue weighted by molar-refractivity contribution is 0.243. The molecule has 1 fully saturated rings. The Labute approximate surface area is 161 Å². The molecule has 1 aromatic carbocycles. The molecule has 148 valence electrons. The molecule has 1 aliphatic rings. The lowest BCUT2D eigenvalue weighted by Crippen LogP contribution is -2.46. The van der Waals surface area contributed by atoms with Gasteiger partial charge in [0.15, 0.2) is 5.82 Å². The molecule has 1 saturated heterocycles. The highest BCUT2D eigenvalue weighted by Gasteiger charge is 2.23. The van der Waals surface area contributed by atoms with Crippen LogP contribution in [-0.4, -0.2) is 53.5 Å². The molecule has 0 unspecified atom stereocenters. The Bertz CT molecular complexity index is 962. The summed E-state index contributed by atoms with van der Waals surface area (Å²) >= 11 is 0. The number of oxazole rings is 1. The second-order valence-corrected chi connectivity index (χ2v) is 6.80. The number of nitrogens with zero attached hydrogens (tertiary/aromatic N) is 5. The monoisotopic (exact) mass is 387 g/mol. The molecule has 8 nitrogen and oxygen atoms in total. The lowest BCUT2D eigenvalue weighted by Gasteiger charge is -2.34. The predicted molar refractivity (Wildman–Crippen MR) is 99.7 cm³/mol. The molecular formula is C19H22FN5O3. The van der Waals surface area contributed by atoms with E-state index in [-0.39, 0.29) is 11.7 Å². The Morgan fingerprint density at radius 3 is 2.61 bits per heavy atom. The smallest absolute Gasteiger partial charge is 0.229 e. The number of anilines is 1. The number of halogens is 1. The number of hydrogen-bond acceptors (Lipinski definition) is 8. The van der Waals surface area contributed by atoms with Crippen LogP contribution in [0.15, 0.2) is 27.2 Å². The average molecular weight is 387 g/mol. The number of aromatic nitrogens is 3. The van der Waals surface area contributed by atoms with Gasteiger partial charge in [0.1, 0.15) is 23.0 Å². The summed E-state index contributed by atoms with van der Waals surface area (Å²) in [6.45, 7) is 7.72. The quantitative estimate of drug-likeness (QED) is 0.661. The van der Waals surface area contributed by atoms with Crippen molar-refractivity contribution in [3.05, 3.63) is 41.2 Å². The van der Waals surface area contributed by atoms with Gasteiger partial charge in [-0.3, -0.25) is 4.90 Å². The Balaban J connectivity index is 1.45. The van der Waals surface area contributed by atoms with E-state index in [2.05, 4.69) is 25.1 Å². The maximum atomic E-state index is 14.2. The fraction of sp³-hybridized carbons (Fsp3) is 0.421. The van der Waals surface area contributed by atoms with Gasteiger partial charge in [-0.05, 0) is 37.2 Å². The molecule has 0 bridgehead atoms. The molecule has 0 N–H and O–H groups in total. The summed E-state index contributed by atoms with van der Waals surface area (Å²) in [5.41, 5.74) is 1.91. The molecule has 9 heteroatoms. The highest BCUT2D eigenvalue weighted by molar-refractivity contribution is 5.57. The first-order chi connectivity index (χ1) is 13.5. The van der Waals surface area contributed by atoms with E-state index in [9.17, 15) is 4.39 Å². The summed E-state index contributed by atoms with van der Waals surface area (Å²) in [6.07, 6.45) is 0. The van der Waals surface area contributed by atoms with Crippen molar-refractivity contribution in [2.75, 3.05) is 38.2 Å². The van der Waals surface area contributed by atoms with E-state index in [1.165, 1.54) is 6.07 Å². The van der Waals surface area contributed by atoms with Crippen LogP contribution in [-0.2, 0) is 6.54 Å². The minimum absolute atomic E-state index is 0.270. The van der Waals surface area contributed by atoms with Crippen molar-refractivity contribution in [1.82, 2.24) is 20.2 Å². The number of piperazine rings is 1. The third-order valence-corrected chi connectivity index (χ3v) is 4.97. The van der Waals surface area contributed by atoms with Crippen molar-refractivity contribution in [1.29, 1.82) is 0 Å². The highest BCUT2D eigenvalue weighted by Crippen LogP contribution is 2.28. The summed E-state index contributed by atoms with van der Waals surface area (Å²) in [5.74, 6) is 1.93. The van der Waals surface area contributed by atoms with Crippen LogP contribution in [0.3, 0.4) is 0 Å². The van der Waals surface area contributed by atoms with E-state index in [0.29, 0.717) is 23.6 Å². The molecule has 0 radical (unpaired) electrons. The zero-order chi connectivity index (χ0) is 19.7. The second kappa shape index (κ2) is 7.59. The largest absolute Gasteiger partial charge is 0.497 e. The van der Waals surface area contributed by atoms with Gasteiger partial charge in [-0.1, -0.05) is 5.16 Å². The SMILES string of the molecule is COc1ccc(F)c(-c2nc(CN3CCN(c4nonc4C)CC3)c(C)o2)c1. The van der Waals surface area contributed by atoms with E-state index in [1.54, 1.807) is 19.2 Å². The Hall–Kier alpha value is -2.94. The fourth-order valence-corrected chi connectivity index (χ4v) is 3.33. The number of hydrogen-bond donors (Lipinski definition) is 0. The zero-order valence-corrected chi connectivity index (χ0v) is 16.1. The maximum absolute atomic E-state index is 14.2. The summed E-state index contributed by atoms with van der Waals surface area (Å²) in [4.78, 5) is 8.99. The molecule has 3 aromatic rings. The molecule has 28 heavy (non-hydrogen) atoms. The average Bonchev–Trinajstić information content (AvgIpc) is 3.29. The Morgan fingerprint density at radius 1 is 1.14 bits per heavy atom. The lowest BCUT2D eigenvalue weighted by atomic mass is 10.2. The van der Waals surface area contributed by atoms with Crippen molar-refractivity contribution in [2.45, 2.75) is 20.4 Å². The minimum Gasteiger partial charge on any atom is -0.497 e. The van der Waals surface area contributed by atoms with Gasteiger partial charge in [0.2, 0.25) is 5.89 Å². The standard InChI is InChI=1S/C19H22FN5O3/c1-12-18(23-28-22-12)25-8-6-24(7-9-25)11-17-13(2)27-19(21-17)15-10-14(26-3)4-5-16(15)20/h4-5,10H,6-9,11H2,1-3H3. The van der Waals surface area contributed by atoms with E-state index in [1.807, 2.05) is 13.8 Å². The number of methoxy groups -OCH3 is 1. The third kappa shape index (κ3) is 3.57. The van der Waals surface area contributed by atoms with Crippen molar-refractivity contribution in [2.24, 2.45) is 0 Å². The van der Waals surface area contributed by atoms with Crippen LogP contribution in [0.1, 0.15) is 17.1 Å². The number of rotatable bonds is 5. The summed E-state index contributed by atoms with van der Waals surface area (Å²) in [7, 11) is 1.54. The first-order valence-corrected chi connectivity index (χ1v) is 9.12. The topological polar surface area (TPSA) is 80.7 Å². The van der Waals surface area contributed by atoms with Gasteiger partial charge >= 0.3 is 0 Å². The Morgan fingerprint density at radius 2 is 1.93 bits per heavy atom. The molecule has 0 atom stereocenters. The molecule has 3 heterocycles.